The maximum Gasteiger partial charge on any atom is 0.296 e. The van der Waals surface area contributed by atoms with Crippen molar-refractivity contribution in [2.24, 2.45) is 0 Å². The maximum absolute atomic E-state index is 14.4. The third-order valence-corrected chi connectivity index (χ3v) is 8.76. The predicted octanol–water partition coefficient (Wildman–Crippen LogP) is 6.18. The van der Waals surface area contributed by atoms with Gasteiger partial charge < -0.3 is 28.6 Å². The number of hydrogen-bond donors (Lipinski definition) is 0. The summed E-state index contributed by atoms with van der Waals surface area (Å²) in [6.07, 6.45) is 8.07. The number of ether oxygens (including phenoxy) is 3. The highest BCUT2D eigenvalue weighted by Gasteiger charge is 2.34. The number of fused-ring (bicyclic) bond motifs is 7. The lowest BCUT2D eigenvalue weighted by Crippen LogP contribution is -2.45. The molecule has 5 heterocycles. The van der Waals surface area contributed by atoms with Crippen LogP contribution in [0, 0.1) is 12.7 Å². The largest absolute Gasteiger partial charge is 0.840 e. The first kappa shape index (κ1) is 30.8. The van der Waals surface area contributed by atoms with Gasteiger partial charge >= 0.3 is 0 Å². The number of piperidine rings is 1. The zero-order chi connectivity index (χ0) is 31.7. The molecule has 236 valence electrons. The van der Waals surface area contributed by atoms with Crippen molar-refractivity contribution in [2.45, 2.75) is 64.8 Å². The lowest BCUT2D eigenvalue weighted by atomic mass is 9.92. The summed E-state index contributed by atoms with van der Waals surface area (Å²) < 4.78 is 34.1. The quantitative estimate of drug-likeness (QED) is 0.202. The van der Waals surface area contributed by atoms with Crippen molar-refractivity contribution in [3.05, 3.63) is 84.0 Å². The number of aryl methyl sites for hydroxylation is 1. The third kappa shape index (κ3) is 6.32. The molecular formula is C36H39FN3O5-. The summed E-state index contributed by atoms with van der Waals surface area (Å²) in [6, 6.07) is 12.5. The molecule has 9 heteroatoms. The summed E-state index contributed by atoms with van der Waals surface area (Å²) in [4.78, 5) is 20.0. The van der Waals surface area contributed by atoms with E-state index in [0.29, 0.717) is 60.0 Å². The van der Waals surface area contributed by atoms with Crippen LogP contribution in [-0.2, 0) is 14.3 Å². The Bertz CT molecular complexity index is 1740. The molecule has 1 unspecified atom stereocenters. The molecule has 6 bridgehead atoms. The Balaban J connectivity index is 1.52. The number of carbonyl (C=O) groups is 1. The van der Waals surface area contributed by atoms with Gasteiger partial charge in [0.1, 0.15) is 11.6 Å². The molecule has 3 aliphatic heterocycles. The Hall–Kier alpha value is -4.21. The van der Waals surface area contributed by atoms with Crippen LogP contribution in [0.2, 0.25) is 0 Å². The fourth-order valence-corrected chi connectivity index (χ4v) is 6.27. The average molecular weight is 613 g/mol. The Morgan fingerprint density at radius 2 is 1.93 bits per heavy atom. The van der Waals surface area contributed by atoms with Crippen LogP contribution in [0.25, 0.3) is 28.0 Å². The van der Waals surface area contributed by atoms with Crippen LogP contribution < -0.4 is 14.7 Å². The SMILES string of the molecule is CCOC(=O)C([O-])c1c(C)cn2cc3nc2c1N1CCC(C)(CC1)OC/C=C/C[C@H](C)Oc1cc(F)ccc1-c1cccc-3c1. The van der Waals surface area contributed by atoms with E-state index in [1.54, 1.807) is 13.0 Å². The van der Waals surface area contributed by atoms with Gasteiger partial charge in [0.25, 0.3) is 5.97 Å². The van der Waals surface area contributed by atoms with Crippen molar-refractivity contribution in [2.75, 3.05) is 31.2 Å². The zero-order valence-corrected chi connectivity index (χ0v) is 26.2. The maximum atomic E-state index is 14.4. The standard InChI is InChI=1S/C36H39FN3O5/c1-5-43-35(42)33(41)31-23(2)21-40-22-29-26-11-8-10-25(19-26)28-13-12-27(37)20-30(28)45-24(3)9-6-7-18-44-36(4)14-16-39(17-15-36)32(31)34(40)38-29/h6-8,10-13,19-22,24,33H,5,9,14-18H2,1-4H3/q-1/b7-6+/t24-,33?/m0/s1. The number of nitrogens with zero attached hydrogens (tertiary/aromatic N) is 3. The van der Waals surface area contributed by atoms with Crippen LogP contribution in [0.1, 0.15) is 57.3 Å². The second kappa shape index (κ2) is 12.7. The minimum Gasteiger partial charge on any atom is -0.840 e. The van der Waals surface area contributed by atoms with Gasteiger partial charge in [-0.05, 0) is 75.4 Å². The molecule has 3 aliphatic rings. The Morgan fingerprint density at radius 1 is 1.16 bits per heavy atom. The number of pyridine rings is 1. The molecule has 0 saturated carbocycles. The fraction of sp³-hybridized carbons (Fsp3) is 0.389. The van der Waals surface area contributed by atoms with E-state index in [2.05, 4.69) is 11.8 Å². The average Bonchev–Trinajstić information content (AvgIpc) is 3.44. The molecule has 7 rings (SSSR count). The smallest absolute Gasteiger partial charge is 0.296 e. The number of carbonyl (C=O) groups excluding carboxylic acids is 1. The first-order valence-electron chi connectivity index (χ1n) is 15.6. The van der Waals surface area contributed by atoms with Gasteiger partial charge in [-0.3, -0.25) is 4.79 Å². The Morgan fingerprint density at radius 3 is 2.71 bits per heavy atom. The highest BCUT2D eigenvalue weighted by Crippen LogP contribution is 2.39. The normalized spacial score (nSPS) is 21.6. The minimum atomic E-state index is -1.70. The predicted molar refractivity (Wildman–Crippen MR) is 170 cm³/mol. The molecule has 0 radical (unpaired) electrons. The van der Waals surface area contributed by atoms with Gasteiger partial charge in [0, 0.05) is 55.2 Å². The van der Waals surface area contributed by atoms with Crippen LogP contribution in [-0.4, -0.2) is 53.4 Å². The molecule has 0 aliphatic carbocycles. The van der Waals surface area contributed by atoms with Gasteiger partial charge in [-0.15, -0.1) is 0 Å². The number of halogens is 1. The third-order valence-electron chi connectivity index (χ3n) is 8.76. The number of esters is 1. The van der Waals surface area contributed by atoms with Gasteiger partial charge in [-0.1, -0.05) is 30.4 Å². The summed E-state index contributed by atoms with van der Waals surface area (Å²) in [5.41, 5.74) is 5.19. The lowest BCUT2D eigenvalue weighted by molar-refractivity contribution is -0.414. The van der Waals surface area contributed by atoms with Crippen molar-refractivity contribution in [3.8, 4) is 28.1 Å². The molecule has 4 aromatic rings. The van der Waals surface area contributed by atoms with Gasteiger partial charge in [0.2, 0.25) is 0 Å². The number of imidazole rings is 1. The highest BCUT2D eigenvalue weighted by molar-refractivity contribution is 5.85. The molecule has 0 N–H and O–H groups in total. The van der Waals surface area contributed by atoms with Gasteiger partial charge in [0.15, 0.2) is 5.65 Å². The van der Waals surface area contributed by atoms with E-state index >= 15 is 0 Å². The van der Waals surface area contributed by atoms with Gasteiger partial charge in [0.05, 0.1) is 36.3 Å². The number of rotatable bonds is 3. The number of anilines is 1. The highest BCUT2D eigenvalue weighted by atomic mass is 19.1. The van der Waals surface area contributed by atoms with Gasteiger partial charge in [-0.25, -0.2) is 9.37 Å². The monoisotopic (exact) mass is 612 g/mol. The lowest BCUT2D eigenvalue weighted by Gasteiger charge is -2.41. The van der Waals surface area contributed by atoms with E-state index in [4.69, 9.17) is 19.2 Å². The van der Waals surface area contributed by atoms with Crippen molar-refractivity contribution in [3.63, 3.8) is 0 Å². The van der Waals surface area contributed by atoms with Crippen molar-refractivity contribution in [1.82, 2.24) is 9.38 Å². The van der Waals surface area contributed by atoms with Crippen molar-refractivity contribution >= 4 is 17.3 Å². The molecule has 1 fully saturated rings. The zero-order valence-electron chi connectivity index (χ0n) is 26.2. The summed E-state index contributed by atoms with van der Waals surface area (Å²) >= 11 is 0. The van der Waals surface area contributed by atoms with Crippen molar-refractivity contribution < 1.29 is 28.5 Å². The second-order valence-corrected chi connectivity index (χ2v) is 12.2. The van der Waals surface area contributed by atoms with Crippen LogP contribution in [0.15, 0.2) is 67.0 Å². The molecule has 2 aromatic carbocycles. The topological polar surface area (TPSA) is 88.4 Å². The Labute approximate surface area is 263 Å². The molecule has 45 heavy (non-hydrogen) atoms. The van der Waals surface area contributed by atoms with E-state index in [-0.39, 0.29) is 24.1 Å². The van der Waals surface area contributed by atoms with E-state index in [9.17, 15) is 14.3 Å². The number of aromatic nitrogens is 2. The fourth-order valence-electron chi connectivity index (χ4n) is 6.27. The van der Waals surface area contributed by atoms with Crippen molar-refractivity contribution in [1.29, 1.82) is 0 Å². The molecular weight excluding hydrogens is 573 g/mol. The van der Waals surface area contributed by atoms with Crippen LogP contribution in [0.4, 0.5) is 10.1 Å². The molecule has 8 nitrogen and oxygen atoms in total. The van der Waals surface area contributed by atoms with Crippen LogP contribution in [0.5, 0.6) is 5.75 Å². The first-order valence-corrected chi connectivity index (χ1v) is 15.6. The summed E-state index contributed by atoms with van der Waals surface area (Å²) in [5.74, 6) is -0.697. The molecule has 0 spiro atoms. The molecule has 1 saturated heterocycles. The molecule has 2 atom stereocenters. The number of benzene rings is 2. The second-order valence-electron chi connectivity index (χ2n) is 12.2. The van der Waals surface area contributed by atoms with E-state index in [0.717, 1.165) is 29.5 Å². The molecule has 2 aromatic heterocycles. The van der Waals surface area contributed by atoms with E-state index < -0.39 is 12.1 Å². The Kier molecular flexibility index (Phi) is 8.66. The molecule has 0 amide bonds. The van der Waals surface area contributed by atoms with E-state index in [1.165, 1.54) is 12.1 Å². The van der Waals surface area contributed by atoms with Crippen LogP contribution >= 0.6 is 0 Å². The van der Waals surface area contributed by atoms with Crippen LogP contribution in [0.3, 0.4) is 0 Å². The summed E-state index contributed by atoms with van der Waals surface area (Å²) in [7, 11) is 0. The summed E-state index contributed by atoms with van der Waals surface area (Å²) in [5, 5.41) is 13.6. The van der Waals surface area contributed by atoms with E-state index in [1.807, 2.05) is 67.1 Å². The number of hydrogen-bond acceptors (Lipinski definition) is 7. The minimum absolute atomic E-state index is 0.131. The van der Waals surface area contributed by atoms with Gasteiger partial charge in [-0.2, -0.15) is 0 Å². The first-order chi connectivity index (χ1) is 21.7. The summed E-state index contributed by atoms with van der Waals surface area (Å²) in [6.45, 7) is 9.49.